The van der Waals surface area contributed by atoms with Crippen molar-refractivity contribution in [3.05, 3.63) is 65.5 Å². The average molecular weight is 405 g/mol. The molecule has 0 atom stereocenters. The molecule has 150 valence electrons. The van der Waals surface area contributed by atoms with Crippen molar-refractivity contribution in [2.75, 3.05) is 37.3 Å². The van der Waals surface area contributed by atoms with E-state index in [2.05, 4.69) is 9.89 Å². The first kappa shape index (κ1) is 20.1. The summed E-state index contributed by atoms with van der Waals surface area (Å²) in [5, 5.41) is 0. The summed E-state index contributed by atoms with van der Waals surface area (Å²) in [5.41, 5.74) is 8.77. The van der Waals surface area contributed by atoms with Crippen LogP contribution in [0.4, 0.5) is 10.1 Å². The van der Waals surface area contributed by atoms with Gasteiger partial charge in [-0.1, -0.05) is 24.3 Å². The van der Waals surface area contributed by atoms with Gasteiger partial charge in [-0.15, -0.1) is 0 Å². The summed E-state index contributed by atoms with van der Waals surface area (Å²) in [6, 6.07) is 13.9. The van der Waals surface area contributed by atoms with Gasteiger partial charge >= 0.3 is 0 Å². The van der Waals surface area contributed by atoms with Crippen LogP contribution in [0.1, 0.15) is 11.1 Å². The molecule has 0 spiro atoms. The Kier molecular flexibility index (Phi) is 6.18. The molecule has 28 heavy (non-hydrogen) atoms. The molecule has 2 aromatic carbocycles. The van der Waals surface area contributed by atoms with Gasteiger partial charge in [0.25, 0.3) is 0 Å². The van der Waals surface area contributed by atoms with Crippen LogP contribution >= 0.6 is 0 Å². The Hall–Kier alpha value is -2.61. The van der Waals surface area contributed by atoms with Gasteiger partial charge in [0.05, 0.1) is 12.3 Å². The quantitative estimate of drug-likeness (QED) is 0.609. The maximum atomic E-state index is 13.1. The molecule has 0 bridgehead atoms. The number of benzene rings is 2. The van der Waals surface area contributed by atoms with E-state index in [0.29, 0.717) is 12.5 Å². The Balaban J connectivity index is 1.60. The predicted octanol–water partition coefficient (Wildman–Crippen LogP) is 2.01. The largest absolute Gasteiger partial charge is 0.370 e. The maximum Gasteiger partial charge on any atom is 0.191 e. The van der Waals surface area contributed by atoms with Crippen LogP contribution in [-0.2, 0) is 22.1 Å². The van der Waals surface area contributed by atoms with Crippen LogP contribution in [0.5, 0.6) is 0 Å². The summed E-state index contributed by atoms with van der Waals surface area (Å²) < 4.78 is 36.3. The summed E-state index contributed by atoms with van der Waals surface area (Å²) in [5.74, 6) is 0.206. The SMILES string of the molecule is CS(=O)(=O)Cc1ccccc1CN=C(N)N1CCN(c2ccc(F)cc2)CC1. The Morgan fingerprint density at radius 1 is 1.04 bits per heavy atom. The number of nitrogens with zero attached hydrogens (tertiary/aromatic N) is 3. The minimum atomic E-state index is -3.11. The first-order chi connectivity index (χ1) is 13.3. The van der Waals surface area contributed by atoms with Crippen molar-refractivity contribution in [1.29, 1.82) is 0 Å². The molecular formula is C20H25FN4O2S. The topological polar surface area (TPSA) is 79.0 Å². The fourth-order valence-electron chi connectivity index (χ4n) is 3.25. The number of sulfone groups is 1. The number of aliphatic imine (C=N–C) groups is 1. The van der Waals surface area contributed by atoms with Crippen molar-refractivity contribution in [1.82, 2.24) is 4.90 Å². The van der Waals surface area contributed by atoms with Gasteiger partial charge in [-0.05, 0) is 35.4 Å². The molecule has 1 heterocycles. The lowest BCUT2D eigenvalue weighted by Crippen LogP contribution is -2.51. The number of piperazine rings is 1. The molecule has 0 aromatic heterocycles. The van der Waals surface area contributed by atoms with E-state index in [4.69, 9.17) is 5.73 Å². The fraction of sp³-hybridized carbons (Fsp3) is 0.350. The van der Waals surface area contributed by atoms with Crippen molar-refractivity contribution in [3.63, 3.8) is 0 Å². The number of nitrogens with two attached hydrogens (primary N) is 1. The van der Waals surface area contributed by atoms with Crippen LogP contribution in [0.2, 0.25) is 0 Å². The average Bonchev–Trinajstić information content (AvgIpc) is 2.67. The second-order valence-electron chi connectivity index (χ2n) is 6.96. The van der Waals surface area contributed by atoms with Crippen molar-refractivity contribution < 1.29 is 12.8 Å². The molecule has 0 saturated carbocycles. The second-order valence-corrected chi connectivity index (χ2v) is 9.10. The van der Waals surface area contributed by atoms with Crippen LogP contribution in [0, 0.1) is 5.82 Å². The van der Waals surface area contributed by atoms with E-state index in [0.717, 1.165) is 43.0 Å². The first-order valence-electron chi connectivity index (χ1n) is 9.12. The van der Waals surface area contributed by atoms with Gasteiger partial charge in [-0.25, -0.2) is 17.8 Å². The highest BCUT2D eigenvalue weighted by Gasteiger charge is 2.18. The van der Waals surface area contributed by atoms with E-state index in [-0.39, 0.29) is 11.6 Å². The van der Waals surface area contributed by atoms with E-state index >= 15 is 0 Å². The van der Waals surface area contributed by atoms with Crippen molar-refractivity contribution in [2.45, 2.75) is 12.3 Å². The van der Waals surface area contributed by atoms with Crippen molar-refractivity contribution in [3.8, 4) is 0 Å². The zero-order valence-electron chi connectivity index (χ0n) is 15.9. The Labute approximate surface area is 165 Å². The zero-order valence-corrected chi connectivity index (χ0v) is 16.7. The summed E-state index contributed by atoms with van der Waals surface area (Å²) in [7, 11) is -3.11. The number of guanidine groups is 1. The normalized spacial score (nSPS) is 15.7. The van der Waals surface area contributed by atoms with Gasteiger partial charge in [0, 0.05) is 38.1 Å². The molecule has 3 rings (SSSR count). The molecule has 8 heteroatoms. The van der Waals surface area contributed by atoms with Gasteiger partial charge in [0.1, 0.15) is 5.82 Å². The molecule has 2 N–H and O–H groups in total. The number of rotatable bonds is 5. The number of halogens is 1. The highest BCUT2D eigenvalue weighted by Crippen LogP contribution is 2.17. The van der Waals surface area contributed by atoms with E-state index in [1.165, 1.54) is 18.4 Å². The van der Waals surface area contributed by atoms with Crippen LogP contribution in [0.3, 0.4) is 0 Å². The monoisotopic (exact) mass is 404 g/mol. The first-order valence-corrected chi connectivity index (χ1v) is 11.2. The third-order valence-electron chi connectivity index (χ3n) is 4.74. The lowest BCUT2D eigenvalue weighted by molar-refractivity contribution is 0.380. The van der Waals surface area contributed by atoms with E-state index < -0.39 is 9.84 Å². The number of hydrogen-bond acceptors (Lipinski definition) is 4. The third kappa shape index (κ3) is 5.45. The molecule has 2 aromatic rings. The van der Waals surface area contributed by atoms with Gasteiger partial charge in [-0.3, -0.25) is 0 Å². The molecule has 1 aliphatic rings. The molecular weight excluding hydrogens is 379 g/mol. The van der Waals surface area contributed by atoms with Crippen LogP contribution in [0.25, 0.3) is 0 Å². The van der Waals surface area contributed by atoms with Crippen LogP contribution in [-0.4, -0.2) is 51.7 Å². The lowest BCUT2D eigenvalue weighted by atomic mass is 10.1. The van der Waals surface area contributed by atoms with E-state index in [9.17, 15) is 12.8 Å². The molecule has 0 unspecified atom stereocenters. The van der Waals surface area contributed by atoms with Crippen LogP contribution in [0.15, 0.2) is 53.5 Å². The molecule has 1 aliphatic heterocycles. The minimum Gasteiger partial charge on any atom is -0.370 e. The van der Waals surface area contributed by atoms with Crippen molar-refractivity contribution in [2.24, 2.45) is 10.7 Å². The summed E-state index contributed by atoms with van der Waals surface area (Å²) >= 11 is 0. The predicted molar refractivity (Wildman–Crippen MR) is 111 cm³/mol. The molecule has 0 radical (unpaired) electrons. The summed E-state index contributed by atoms with van der Waals surface area (Å²) in [6.07, 6.45) is 1.22. The number of hydrogen-bond donors (Lipinski definition) is 1. The molecule has 1 fully saturated rings. The van der Waals surface area contributed by atoms with Gasteiger partial charge in [-0.2, -0.15) is 0 Å². The van der Waals surface area contributed by atoms with Gasteiger partial charge in [0.2, 0.25) is 0 Å². The summed E-state index contributed by atoms with van der Waals surface area (Å²) in [4.78, 5) is 8.67. The molecule has 0 amide bonds. The fourth-order valence-corrected chi connectivity index (χ4v) is 4.09. The molecule has 0 aliphatic carbocycles. The Bertz CT molecular complexity index is 937. The van der Waals surface area contributed by atoms with Gasteiger partial charge < -0.3 is 15.5 Å². The standard InChI is InChI=1S/C20H25FN4O2S/c1-28(26,27)15-17-5-3-2-4-16(17)14-23-20(22)25-12-10-24(11-13-25)19-8-6-18(21)7-9-19/h2-9H,10-15H2,1H3,(H2,22,23). The van der Waals surface area contributed by atoms with E-state index in [1.807, 2.05) is 29.2 Å². The van der Waals surface area contributed by atoms with Crippen LogP contribution < -0.4 is 10.6 Å². The Morgan fingerprint density at radius 3 is 2.25 bits per heavy atom. The zero-order chi connectivity index (χ0) is 20.1. The lowest BCUT2D eigenvalue weighted by Gasteiger charge is -2.36. The van der Waals surface area contributed by atoms with Gasteiger partial charge in [0.15, 0.2) is 15.8 Å². The smallest absolute Gasteiger partial charge is 0.191 e. The second kappa shape index (κ2) is 8.60. The van der Waals surface area contributed by atoms with E-state index in [1.54, 1.807) is 12.1 Å². The highest BCUT2D eigenvalue weighted by atomic mass is 32.2. The maximum absolute atomic E-state index is 13.1. The molecule has 1 saturated heterocycles. The molecule has 6 nitrogen and oxygen atoms in total. The number of anilines is 1. The highest BCUT2D eigenvalue weighted by molar-refractivity contribution is 7.89. The van der Waals surface area contributed by atoms with Crippen molar-refractivity contribution >= 4 is 21.5 Å². The Morgan fingerprint density at radius 2 is 1.64 bits per heavy atom. The third-order valence-corrected chi connectivity index (χ3v) is 5.58. The summed E-state index contributed by atoms with van der Waals surface area (Å²) in [6.45, 7) is 3.32. The minimum absolute atomic E-state index is 0.00502.